The molecular weight excluding hydrogens is 255 g/mol. The minimum atomic E-state index is -1.05. The third-order valence-electron chi connectivity index (χ3n) is 2.95. The molecule has 1 fully saturated rings. The molecule has 1 aromatic rings. The Morgan fingerprint density at radius 2 is 2.00 bits per heavy atom. The van der Waals surface area contributed by atoms with Crippen LogP contribution >= 0.6 is 0 Å². The standard InChI is InChI=1S/C12H11FN2O4/c13-8-2-1-5(10(14)16)3-9(8)15-11(17)6-4-7(6)12(18)19/h1-3,6-7H,4H2,(H2,14,16)(H,15,17)(H,18,19). The summed E-state index contributed by atoms with van der Waals surface area (Å²) in [6.45, 7) is 0. The Bertz CT molecular complexity index is 573. The van der Waals surface area contributed by atoms with Crippen molar-refractivity contribution in [1.82, 2.24) is 0 Å². The van der Waals surface area contributed by atoms with Crippen LogP contribution in [0, 0.1) is 17.7 Å². The van der Waals surface area contributed by atoms with Crippen LogP contribution in [-0.2, 0) is 9.59 Å². The lowest BCUT2D eigenvalue weighted by Crippen LogP contribution is -2.18. The fourth-order valence-electron chi connectivity index (χ4n) is 1.76. The van der Waals surface area contributed by atoms with Crippen LogP contribution in [0.1, 0.15) is 16.8 Å². The highest BCUT2D eigenvalue weighted by molar-refractivity contribution is 6.00. The Balaban J connectivity index is 2.11. The lowest BCUT2D eigenvalue weighted by atomic mass is 10.1. The predicted molar refractivity (Wildman–Crippen MR) is 62.8 cm³/mol. The SMILES string of the molecule is NC(=O)c1ccc(F)c(NC(=O)C2CC2C(=O)O)c1. The van der Waals surface area contributed by atoms with Crippen molar-refractivity contribution in [3.05, 3.63) is 29.6 Å². The van der Waals surface area contributed by atoms with Gasteiger partial charge in [-0.1, -0.05) is 0 Å². The van der Waals surface area contributed by atoms with E-state index in [1.165, 1.54) is 6.07 Å². The number of rotatable bonds is 4. The predicted octanol–water partition coefficient (Wildman–Crippen LogP) is 0.584. The van der Waals surface area contributed by atoms with Crippen molar-refractivity contribution in [3.8, 4) is 0 Å². The number of carboxylic acid groups (broad SMARTS) is 1. The van der Waals surface area contributed by atoms with E-state index in [-0.39, 0.29) is 17.7 Å². The molecule has 19 heavy (non-hydrogen) atoms. The molecule has 100 valence electrons. The zero-order valence-electron chi connectivity index (χ0n) is 9.72. The number of carbonyl (C=O) groups is 3. The maximum absolute atomic E-state index is 13.4. The molecule has 7 heteroatoms. The van der Waals surface area contributed by atoms with Crippen molar-refractivity contribution in [2.24, 2.45) is 17.6 Å². The van der Waals surface area contributed by atoms with E-state index in [0.717, 1.165) is 12.1 Å². The monoisotopic (exact) mass is 266 g/mol. The fourth-order valence-corrected chi connectivity index (χ4v) is 1.76. The summed E-state index contributed by atoms with van der Waals surface area (Å²) in [5.41, 5.74) is 4.92. The summed E-state index contributed by atoms with van der Waals surface area (Å²) in [6.07, 6.45) is 0.234. The Morgan fingerprint density at radius 3 is 2.53 bits per heavy atom. The van der Waals surface area contributed by atoms with Crippen molar-refractivity contribution in [3.63, 3.8) is 0 Å². The molecule has 0 aliphatic heterocycles. The number of anilines is 1. The first-order valence-electron chi connectivity index (χ1n) is 5.53. The minimum absolute atomic E-state index is 0.0577. The normalized spacial score (nSPS) is 20.7. The van der Waals surface area contributed by atoms with Crippen LogP contribution in [0.2, 0.25) is 0 Å². The summed E-state index contributed by atoms with van der Waals surface area (Å²) >= 11 is 0. The third kappa shape index (κ3) is 2.70. The second-order valence-electron chi connectivity index (χ2n) is 4.34. The van der Waals surface area contributed by atoms with Gasteiger partial charge in [0.1, 0.15) is 5.82 Å². The van der Waals surface area contributed by atoms with Gasteiger partial charge in [0.25, 0.3) is 0 Å². The van der Waals surface area contributed by atoms with Crippen molar-refractivity contribution in [2.75, 3.05) is 5.32 Å². The first-order valence-corrected chi connectivity index (χ1v) is 5.53. The quantitative estimate of drug-likeness (QED) is 0.740. The summed E-state index contributed by atoms with van der Waals surface area (Å²) < 4.78 is 13.4. The number of amides is 2. The Morgan fingerprint density at radius 1 is 1.32 bits per heavy atom. The largest absolute Gasteiger partial charge is 0.481 e. The van der Waals surface area contributed by atoms with Gasteiger partial charge in [-0.25, -0.2) is 4.39 Å². The second-order valence-corrected chi connectivity index (χ2v) is 4.34. The Hall–Kier alpha value is -2.44. The van der Waals surface area contributed by atoms with Crippen LogP contribution in [0.4, 0.5) is 10.1 Å². The first-order chi connectivity index (χ1) is 8.90. The second kappa shape index (κ2) is 4.68. The summed E-state index contributed by atoms with van der Waals surface area (Å²) in [7, 11) is 0. The van der Waals surface area contributed by atoms with Gasteiger partial charge in [0.2, 0.25) is 11.8 Å². The molecule has 2 amide bonds. The van der Waals surface area contributed by atoms with Gasteiger partial charge in [-0.15, -0.1) is 0 Å². The van der Waals surface area contributed by atoms with Crippen LogP contribution in [0.3, 0.4) is 0 Å². The molecule has 0 spiro atoms. The highest BCUT2D eigenvalue weighted by atomic mass is 19.1. The average Bonchev–Trinajstić information content (AvgIpc) is 3.11. The number of carboxylic acids is 1. The third-order valence-corrected chi connectivity index (χ3v) is 2.95. The van der Waals surface area contributed by atoms with Crippen LogP contribution in [0.5, 0.6) is 0 Å². The number of nitrogens with two attached hydrogens (primary N) is 1. The minimum Gasteiger partial charge on any atom is -0.481 e. The molecular formula is C12H11FN2O4. The van der Waals surface area contributed by atoms with E-state index in [1.807, 2.05) is 0 Å². The molecule has 0 aromatic heterocycles. The molecule has 2 atom stereocenters. The zero-order chi connectivity index (χ0) is 14.2. The lowest BCUT2D eigenvalue weighted by Gasteiger charge is -2.07. The van der Waals surface area contributed by atoms with Crippen LogP contribution < -0.4 is 11.1 Å². The molecule has 0 radical (unpaired) electrons. The molecule has 0 bridgehead atoms. The molecule has 1 saturated carbocycles. The molecule has 0 saturated heterocycles. The van der Waals surface area contributed by atoms with Gasteiger partial charge in [-0.2, -0.15) is 0 Å². The highest BCUT2D eigenvalue weighted by Crippen LogP contribution is 2.39. The van der Waals surface area contributed by atoms with Crippen molar-refractivity contribution in [1.29, 1.82) is 0 Å². The van der Waals surface area contributed by atoms with E-state index < -0.39 is 35.4 Å². The molecule has 2 unspecified atom stereocenters. The van der Waals surface area contributed by atoms with Crippen molar-refractivity contribution in [2.45, 2.75) is 6.42 Å². The van der Waals surface area contributed by atoms with Crippen LogP contribution in [-0.4, -0.2) is 22.9 Å². The first kappa shape index (κ1) is 13.0. The van der Waals surface area contributed by atoms with E-state index in [2.05, 4.69) is 5.32 Å². The molecule has 4 N–H and O–H groups in total. The van der Waals surface area contributed by atoms with Gasteiger partial charge in [-0.3, -0.25) is 14.4 Å². The fraction of sp³-hybridized carbons (Fsp3) is 0.250. The topological polar surface area (TPSA) is 109 Å². The number of carbonyl (C=O) groups excluding carboxylic acids is 2. The van der Waals surface area contributed by atoms with Gasteiger partial charge in [0.05, 0.1) is 17.5 Å². The van der Waals surface area contributed by atoms with E-state index in [4.69, 9.17) is 10.8 Å². The number of nitrogens with one attached hydrogen (secondary N) is 1. The summed E-state index contributed by atoms with van der Waals surface area (Å²) in [4.78, 5) is 33.2. The molecule has 6 nitrogen and oxygen atoms in total. The summed E-state index contributed by atoms with van der Waals surface area (Å²) in [5.74, 6) is -4.47. The van der Waals surface area contributed by atoms with E-state index in [9.17, 15) is 18.8 Å². The summed E-state index contributed by atoms with van der Waals surface area (Å²) in [6, 6.07) is 3.33. The summed E-state index contributed by atoms with van der Waals surface area (Å²) in [5, 5.41) is 11.0. The number of aliphatic carboxylic acids is 1. The van der Waals surface area contributed by atoms with E-state index >= 15 is 0 Å². The Kier molecular flexibility index (Phi) is 3.20. The van der Waals surface area contributed by atoms with Crippen LogP contribution in [0.15, 0.2) is 18.2 Å². The number of halogens is 1. The van der Waals surface area contributed by atoms with Crippen molar-refractivity contribution < 1.29 is 23.9 Å². The Labute approximate surface area is 107 Å². The molecule has 0 heterocycles. The highest BCUT2D eigenvalue weighted by Gasteiger charge is 2.48. The van der Waals surface area contributed by atoms with Gasteiger partial charge in [0, 0.05) is 5.56 Å². The maximum atomic E-state index is 13.4. The maximum Gasteiger partial charge on any atom is 0.307 e. The van der Waals surface area contributed by atoms with Gasteiger partial charge in [-0.05, 0) is 24.6 Å². The van der Waals surface area contributed by atoms with E-state index in [1.54, 1.807) is 0 Å². The number of hydrogen-bond acceptors (Lipinski definition) is 3. The average molecular weight is 266 g/mol. The number of primary amides is 1. The van der Waals surface area contributed by atoms with E-state index in [0.29, 0.717) is 0 Å². The zero-order valence-corrected chi connectivity index (χ0v) is 9.72. The van der Waals surface area contributed by atoms with Gasteiger partial charge >= 0.3 is 5.97 Å². The molecule has 1 aromatic carbocycles. The lowest BCUT2D eigenvalue weighted by molar-refractivity contribution is -0.139. The number of benzene rings is 1. The van der Waals surface area contributed by atoms with Gasteiger partial charge < -0.3 is 16.2 Å². The number of hydrogen-bond donors (Lipinski definition) is 3. The smallest absolute Gasteiger partial charge is 0.307 e. The van der Waals surface area contributed by atoms with Gasteiger partial charge in [0.15, 0.2) is 0 Å². The molecule has 2 rings (SSSR count). The molecule has 1 aliphatic rings. The molecule has 1 aliphatic carbocycles. The van der Waals surface area contributed by atoms with Crippen LogP contribution in [0.25, 0.3) is 0 Å². The van der Waals surface area contributed by atoms with Crippen molar-refractivity contribution >= 4 is 23.5 Å².